The maximum absolute atomic E-state index is 13.5. The summed E-state index contributed by atoms with van der Waals surface area (Å²) in [5, 5.41) is 8.92. The molecule has 0 radical (unpaired) electrons. The average molecular weight is 311 g/mol. The molecule has 0 aliphatic carbocycles. The van der Waals surface area contributed by atoms with Gasteiger partial charge in [-0.25, -0.2) is 4.79 Å². The summed E-state index contributed by atoms with van der Waals surface area (Å²) in [6.45, 7) is 0. The molecular formula is C14H8ClFO3S. The van der Waals surface area contributed by atoms with Gasteiger partial charge < -0.3 is 9.84 Å². The molecule has 0 spiro atoms. The lowest BCUT2D eigenvalue weighted by molar-refractivity contribution is -0.134. The van der Waals surface area contributed by atoms with Crippen LogP contribution in [0.2, 0.25) is 4.34 Å². The Hall–Kier alpha value is -1.85. The monoisotopic (exact) mass is 310 g/mol. The van der Waals surface area contributed by atoms with Crippen molar-refractivity contribution in [2.24, 2.45) is 0 Å². The van der Waals surface area contributed by atoms with E-state index >= 15 is 0 Å². The van der Waals surface area contributed by atoms with Crippen molar-refractivity contribution in [1.29, 1.82) is 0 Å². The molecule has 2 heterocycles. The molecule has 0 saturated heterocycles. The number of fused-ring (bicyclic) bond motifs is 1. The van der Waals surface area contributed by atoms with E-state index in [0.29, 0.717) is 15.6 Å². The number of halogens is 2. The zero-order valence-electron chi connectivity index (χ0n) is 9.97. The minimum Gasteiger partial charge on any atom is -0.478 e. The molecule has 1 N–H and O–H groups in total. The second kappa shape index (κ2) is 4.92. The Morgan fingerprint density at radius 1 is 1.35 bits per heavy atom. The van der Waals surface area contributed by atoms with E-state index in [1.807, 2.05) is 6.07 Å². The molecule has 0 saturated carbocycles. The Balaban J connectivity index is 2.06. The summed E-state index contributed by atoms with van der Waals surface area (Å²) >= 11 is 7.30. The van der Waals surface area contributed by atoms with Gasteiger partial charge in [0.05, 0.1) is 4.34 Å². The molecule has 0 bridgehead atoms. The molecule has 2 aromatic rings. The Labute approximate surface area is 122 Å². The number of rotatable bonds is 2. The summed E-state index contributed by atoms with van der Waals surface area (Å²) in [4.78, 5) is 11.9. The molecule has 1 aliphatic rings. The van der Waals surface area contributed by atoms with E-state index in [4.69, 9.17) is 21.4 Å². The van der Waals surface area contributed by atoms with Crippen molar-refractivity contribution in [3.8, 4) is 16.2 Å². The molecule has 1 atom stereocenters. The van der Waals surface area contributed by atoms with Crippen molar-refractivity contribution in [1.82, 2.24) is 0 Å². The zero-order valence-corrected chi connectivity index (χ0v) is 11.5. The number of ether oxygens (including phenoxy) is 1. The van der Waals surface area contributed by atoms with Gasteiger partial charge in [0.1, 0.15) is 11.3 Å². The van der Waals surface area contributed by atoms with E-state index in [1.165, 1.54) is 17.4 Å². The SMILES string of the molecule is O=C(O)C1=Cc2cc(-c3ccc(Cl)s3)ccc2OC1F. The molecule has 20 heavy (non-hydrogen) atoms. The molecule has 1 unspecified atom stereocenters. The first-order valence-corrected chi connectivity index (χ1v) is 6.89. The average Bonchev–Trinajstić information content (AvgIpc) is 2.84. The lowest BCUT2D eigenvalue weighted by atomic mass is 10.0. The van der Waals surface area contributed by atoms with Crippen LogP contribution in [0.15, 0.2) is 35.9 Å². The van der Waals surface area contributed by atoms with Gasteiger partial charge in [0.25, 0.3) is 6.36 Å². The lowest BCUT2D eigenvalue weighted by Crippen LogP contribution is -2.22. The van der Waals surface area contributed by atoms with Crippen LogP contribution in [-0.2, 0) is 4.79 Å². The van der Waals surface area contributed by atoms with E-state index in [-0.39, 0.29) is 0 Å². The Kier molecular flexibility index (Phi) is 3.23. The molecule has 1 aliphatic heterocycles. The topological polar surface area (TPSA) is 46.5 Å². The van der Waals surface area contributed by atoms with Crippen LogP contribution >= 0.6 is 22.9 Å². The summed E-state index contributed by atoms with van der Waals surface area (Å²) in [6, 6.07) is 8.82. The van der Waals surface area contributed by atoms with E-state index in [9.17, 15) is 9.18 Å². The van der Waals surface area contributed by atoms with Crippen LogP contribution < -0.4 is 4.74 Å². The van der Waals surface area contributed by atoms with Crippen LogP contribution in [-0.4, -0.2) is 17.4 Å². The largest absolute Gasteiger partial charge is 0.478 e. The maximum Gasteiger partial charge on any atom is 0.338 e. The Morgan fingerprint density at radius 2 is 2.15 bits per heavy atom. The molecule has 3 rings (SSSR count). The van der Waals surface area contributed by atoms with Crippen LogP contribution in [0.3, 0.4) is 0 Å². The van der Waals surface area contributed by atoms with Gasteiger partial charge in [-0.05, 0) is 42.0 Å². The number of carboxylic acids is 1. The van der Waals surface area contributed by atoms with Crippen LogP contribution in [0.5, 0.6) is 5.75 Å². The normalized spacial score (nSPS) is 17.1. The number of alkyl halides is 1. The molecule has 0 fully saturated rings. The number of hydrogen-bond donors (Lipinski definition) is 1. The molecule has 0 amide bonds. The van der Waals surface area contributed by atoms with Gasteiger partial charge in [0.2, 0.25) is 0 Å². The highest BCUT2D eigenvalue weighted by Crippen LogP contribution is 2.36. The van der Waals surface area contributed by atoms with Crippen molar-refractivity contribution in [3.63, 3.8) is 0 Å². The highest BCUT2D eigenvalue weighted by atomic mass is 35.5. The number of carboxylic acid groups (broad SMARTS) is 1. The fourth-order valence-corrected chi connectivity index (χ4v) is 3.00. The third-order valence-electron chi connectivity index (χ3n) is 2.90. The predicted octanol–water partition coefficient (Wildman–Crippen LogP) is 4.22. The summed E-state index contributed by atoms with van der Waals surface area (Å²) in [6.07, 6.45) is -0.646. The van der Waals surface area contributed by atoms with Crippen LogP contribution in [0.1, 0.15) is 5.56 Å². The first kappa shape index (κ1) is 13.1. The van der Waals surface area contributed by atoms with Crippen LogP contribution in [0.4, 0.5) is 4.39 Å². The van der Waals surface area contributed by atoms with Gasteiger partial charge in [-0.15, -0.1) is 11.3 Å². The third kappa shape index (κ3) is 2.30. The second-order valence-corrected chi connectivity index (χ2v) is 5.91. The predicted molar refractivity (Wildman–Crippen MR) is 75.9 cm³/mol. The smallest absolute Gasteiger partial charge is 0.338 e. The van der Waals surface area contributed by atoms with Gasteiger partial charge in [0, 0.05) is 10.4 Å². The second-order valence-electron chi connectivity index (χ2n) is 4.20. The highest BCUT2D eigenvalue weighted by Gasteiger charge is 2.27. The minimum atomic E-state index is -1.94. The van der Waals surface area contributed by atoms with E-state index in [0.717, 1.165) is 10.4 Å². The van der Waals surface area contributed by atoms with E-state index in [1.54, 1.807) is 24.3 Å². The Bertz CT molecular complexity index is 723. The maximum atomic E-state index is 13.5. The fourth-order valence-electron chi connectivity index (χ4n) is 1.96. The standard InChI is InChI=1S/C14H8ClFO3S/c15-12-4-3-11(20-12)7-1-2-10-8(5-7)6-9(14(17)18)13(16)19-10/h1-6,13H,(H,17,18). The van der Waals surface area contributed by atoms with Gasteiger partial charge in [-0.3, -0.25) is 0 Å². The number of hydrogen-bond acceptors (Lipinski definition) is 3. The highest BCUT2D eigenvalue weighted by molar-refractivity contribution is 7.19. The summed E-state index contributed by atoms with van der Waals surface area (Å²) in [5.74, 6) is -0.998. The number of benzene rings is 1. The molecule has 6 heteroatoms. The first-order chi connectivity index (χ1) is 9.54. The third-order valence-corrected chi connectivity index (χ3v) is 4.18. The van der Waals surface area contributed by atoms with E-state index < -0.39 is 17.9 Å². The van der Waals surface area contributed by atoms with Gasteiger partial charge in [-0.2, -0.15) is 4.39 Å². The summed E-state index contributed by atoms with van der Waals surface area (Å²) < 4.78 is 19.1. The van der Waals surface area contributed by atoms with Crippen molar-refractivity contribution in [2.75, 3.05) is 0 Å². The van der Waals surface area contributed by atoms with Crippen molar-refractivity contribution >= 4 is 35.0 Å². The summed E-state index contributed by atoms with van der Waals surface area (Å²) in [5.41, 5.74) is 1.01. The molecule has 1 aromatic carbocycles. The fraction of sp³-hybridized carbons (Fsp3) is 0.0714. The summed E-state index contributed by atoms with van der Waals surface area (Å²) in [7, 11) is 0. The van der Waals surface area contributed by atoms with Crippen molar-refractivity contribution in [2.45, 2.75) is 6.36 Å². The number of thiophene rings is 1. The van der Waals surface area contributed by atoms with Crippen molar-refractivity contribution < 1.29 is 19.0 Å². The molecular weight excluding hydrogens is 303 g/mol. The molecule has 102 valence electrons. The quantitative estimate of drug-likeness (QED) is 0.903. The number of aliphatic carboxylic acids is 1. The molecule has 1 aromatic heterocycles. The minimum absolute atomic E-state index is 0.328. The zero-order chi connectivity index (χ0) is 14.3. The van der Waals surface area contributed by atoms with Crippen LogP contribution in [0, 0.1) is 0 Å². The number of carbonyl (C=O) groups is 1. The first-order valence-electron chi connectivity index (χ1n) is 5.70. The van der Waals surface area contributed by atoms with Crippen molar-refractivity contribution in [3.05, 3.63) is 45.8 Å². The lowest BCUT2D eigenvalue weighted by Gasteiger charge is -2.19. The van der Waals surface area contributed by atoms with Gasteiger partial charge >= 0.3 is 5.97 Å². The van der Waals surface area contributed by atoms with E-state index in [2.05, 4.69) is 0 Å². The van der Waals surface area contributed by atoms with Crippen LogP contribution in [0.25, 0.3) is 16.5 Å². The van der Waals surface area contributed by atoms with Gasteiger partial charge in [0.15, 0.2) is 0 Å². The molecule has 3 nitrogen and oxygen atoms in total. The van der Waals surface area contributed by atoms with Gasteiger partial charge in [-0.1, -0.05) is 11.6 Å². The Morgan fingerprint density at radius 3 is 2.80 bits per heavy atom.